The van der Waals surface area contributed by atoms with Gasteiger partial charge in [0.15, 0.2) is 0 Å². The van der Waals surface area contributed by atoms with Crippen LogP contribution in [-0.4, -0.2) is 56.6 Å². The predicted molar refractivity (Wildman–Crippen MR) is 89.6 cm³/mol. The molecule has 0 unspecified atom stereocenters. The molecule has 0 saturated carbocycles. The molecule has 1 saturated heterocycles. The van der Waals surface area contributed by atoms with Gasteiger partial charge in [0.25, 0.3) is 5.91 Å². The van der Waals surface area contributed by atoms with Crippen LogP contribution in [0.15, 0.2) is 24.3 Å². The van der Waals surface area contributed by atoms with Gasteiger partial charge >= 0.3 is 0 Å². The number of likely N-dealkylation sites (tertiary alicyclic amines) is 1. The summed E-state index contributed by atoms with van der Waals surface area (Å²) in [5.74, 6) is -0.0947. The number of anilines is 1. The van der Waals surface area contributed by atoms with Crippen LogP contribution in [-0.2, 0) is 9.53 Å². The molecule has 1 aromatic rings. The fourth-order valence-corrected chi connectivity index (χ4v) is 2.59. The van der Waals surface area contributed by atoms with Crippen LogP contribution >= 0.6 is 0 Å². The minimum absolute atomic E-state index is 0.0408. The highest BCUT2D eigenvalue weighted by atomic mass is 16.5. The van der Waals surface area contributed by atoms with E-state index < -0.39 is 0 Å². The van der Waals surface area contributed by atoms with Crippen molar-refractivity contribution in [1.82, 2.24) is 10.2 Å². The van der Waals surface area contributed by atoms with E-state index in [1.54, 1.807) is 31.4 Å². The topological polar surface area (TPSA) is 70.7 Å². The van der Waals surface area contributed by atoms with Crippen LogP contribution in [0, 0.1) is 0 Å². The zero-order chi connectivity index (χ0) is 16.5. The molecule has 0 spiro atoms. The number of carbonyl (C=O) groups is 2. The molecule has 0 bridgehead atoms. The number of nitrogens with zero attached hydrogens (tertiary/aromatic N) is 1. The zero-order valence-corrected chi connectivity index (χ0v) is 13.6. The van der Waals surface area contributed by atoms with Crippen molar-refractivity contribution in [1.29, 1.82) is 0 Å². The molecule has 2 N–H and O–H groups in total. The van der Waals surface area contributed by atoms with Gasteiger partial charge < -0.3 is 20.3 Å². The first-order valence-electron chi connectivity index (χ1n) is 8.09. The second-order valence-electron chi connectivity index (χ2n) is 5.65. The first-order chi connectivity index (χ1) is 11.2. The van der Waals surface area contributed by atoms with Gasteiger partial charge in [-0.05, 0) is 37.5 Å². The van der Waals surface area contributed by atoms with E-state index in [1.165, 1.54) is 6.42 Å². The molecular formula is C17H25N3O3. The first-order valence-corrected chi connectivity index (χ1v) is 8.09. The number of piperidine rings is 1. The lowest BCUT2D eigenvalue weighted by Gasteiger charge is -2.26. The molecular weight excluding hydrogens is 294 g/mol. The Hall–Kier alpha value is -1.92. The largest absolute Gasteiger partial charge is 0.383 e. The van der Waals surface area contributed by atoms with Crippen LogP contribution in [0.5, 0.6) is 0 Å². The number of ether oxygens (including phenoxy) is 1. The quantitative estimate of drug-likeness (QED) is 0.747. The maximum atomic E-state index is 12.5. The minimum Gasteiger partial charge on any atom is -0.383 e. The van der Waals surface area contributed by atoms with Crippen molar-refractivity contribution in [2.45, 2.75) is 19.3 Å². The molecule has 1 aliphatic heterocycles. The summed E-state index contributed by atoms with van der Waals surface area (Å²) in [6.07, 6.45) is 3.32. The summed E-state index contributed by atoms with van der Waals surface area (Å²) in [6, 6.07) is 7.12. The molecule has 2 rings (SSSR count). The molecule has 1 aliphatic rings. The van der Waals surface area contributed by atoms with E-state index >= 15 is 0 Å². The Bertz CT molecular complexity index is 528. The number of benzene rings is 1. The SMILES string of the molecule is COCCNCC(=O)Nc1cccc(C(=O)N2CCCCC2)c1. The van der Waals surface area contributed by atoms with E-state index in [1.807, 2.05) is 4.90 Å². The lowest BCUT2D eigenvalue weighted by molar-refractivity contribution is -0.115. The van der Waals surface area contributed by atoms with Gasteiger partial charge in [-0.25, -0.2) is 0 Å². The van der Waals surface area contributed by atoms with Crippen LogP contribution in [0.2, 0.25) is 0 Å². The standard InChI is InChI=1S/C17H25N3O3/c1-23-11-8-18-13-16(21)19-15-7-5-6-14(12-15)17(22)20-9-3-2-4-10-20/h5-7,12,18H,2-4,8-11,13H2,1H3,(H,19,21). The summed E-state index contributed by atoms with van der Waals surface area (Å²) < 4.78 is 4.91. The Morgan fingerprint density at radius 2 is 2.00 bits per heavy atom. The van der Waals surface area contributed by atoms with E-state index in [4.69, 9.17) is 4.74 Å². The number of hydrogen-bond acceptors (Lipinski definition) is 4. The number of hydrogen-bond donors (Lipinski definition) is 2. The smallest absolute Gasteiger partial charge is 0.253 e. The molecule has 23 heavy (non-hydrogen) atoms. The fraction of sp³-hybridized carbons (Fsp3) is 0.529. The van der Waals surface area contributed by atoms with E-state index in [2.05, 4.69) is 10.6 Å². The van der Waals surface area contributed by atoms with E-state index in [0.717, 1.165) is 25.9 Å². The van der Waals surface area contributed by atoms with Crippen molar-refractivity contribution in [2.75, 3.05) is 45.2 Å². The van der Waals surface area contributed by atoms with Crippen molar-refractivity contribution in [3.05, 3.63) is 29.8 Å². The van der Waals surface area contributed by atoms with Gasteiger partial charge in [0.05, 0.1) is 13.2 Å². The molecule has 6 nitrogen and oxygen atoms in total. The van der Waals surface area contributed by atoms with Crippen LogP contribution in [0.4, 0.5) is 5.69 Å². The van der Waals surface area contributed by atoms with Crippen molar-refractivity contribution in [3.8, 4) is 0 Å². The average Bonchev–Trinajstić information content (AvgIpc) is 2.59. The Morgan fingerprint density at radius 3 is 2.74 bits per heavy atom. The Labute approximate surface area is 137 Å². The Balaban J connectivity index is 1.88. The summed E-state index contributed by atoms with van der Waals surface area (Å²) in [4.78, 5) is 26.2. The summed E-state index contributed by atoms with van der Waals surface area (Å²) >= 11 is 0. The fourth-order valence-electron chi connectivity index (χ4n) is 2.59. The Kier molecular flexibility index (Phi) is 7.03. The lowest BCUT2D eigenvalue weighted by Crippen LogP contribution is -2.35. The van der Waals surface area contributed by atoms with Gasteiger partial charge in [0.1, 0.15) is 0 Å². The summed E-state index contributed by atoms with van der Waals surface area (Å²) in [5, 5.41) is 5.79. The summed E-state index contributed by atoms with van der Waals surface area (Å²) in [6.45, 7) is 3.04. The first kappa shape index (κ1) is 17.4. The van der Waals surface area contributed by atoms with E-state index in [0.29, 0.717) is 24.4 Å². The van der Waals surface area contributed by atoms with Crippen molar-refractivity contribution < 1.29 is 14.3 Å². The van der Waals surface area contributed by atoms with Gasteiger partial charge in [-0.3, -0.25) is 9.59 Å². The lowest BCUT2D eigenvalue weighted by atomic mass is 10.1. The highest BCUT2D eigenvalue weighted by Crippen LogP contribution is 2.16. The second-order valence-corrected chi connectivity index (χ2v) is 5.65. The molecule has 2 amide bonds. The van der Waals surface area contributed by atoms with Crippen molar-refractivity contribution in [3.63, 3.8) is 0 Å². The molecule has 6 heteroatoms. The number of rotatable bonds is 7. The molecule has 1 fully saturated rings. The van der Waals surface area contributed by atoms with Crippen LogP contribution in [0.1, 0.15) is 29.6 Å². The third-order valence-corrected chi connectivity index (χ3v) is 3.81. The van der Waals surface area contributed by atoms with Gasteiger partial charge in [-0.1, -0.05) is 6.07 Å². The molecule has 1 aromatic carbocycles. The second kappa shape index (κ2) is 9.27. The van der Waals surface area contributed by atoms with Crippen LogP contribution in [0.3, 0.4) is 0 Å². The number of amides is 2. The van der Waals surface area contributed by atoms with Crippen LogP contribution in [0.25, 0.3) is 0 Å². The number of carbonyl (C=O) groups excluding carboxylic acids is 2. The Morgan fingerprint density at radius 1 is 1.22 bits per heavy atom. The third kappa shape index (κ3) is 5.65. The summed E-state index contributed by atoms with van der Waals surface area (Å²) in [5.41, 5.74) is 1.27. The number of methoxy groups -OCH3 is 1. The maximum absolute atomic E-state index is 12.5. The third-order valence-electron chi connectivity index (χ3n) is 3.81. The molecule has 0 radical (unpaired) electrons. The maximum Gasteiger partial charge on any atom is 0.253 e. The zero-order valence-electron chi connectivity index (χ0n) is 13.6. The normalized spacial score (nSPS) is 14.6. The van der Waals surface area contributed by atoms with E-state index in [9.17, 15) is 9.59 Å². The molecule has 0 atom stereocenters. The molecule has 0 aliphatic carbocycles. The monoisotopic (exact) mass is 319 g/mol. The summed E-state index contributed by atoms with van der Waals surface area (Å²) in [7, 11) is 1.62. The van der Waals surface area contributed by atoms with Gasteiger partial charge in [-0.2, -0.15) is 0 Å². The van der Waals surface area contributed by atoms with Crippen molar-refractivity contribution >= 4 is 17.5 Å². The average molecular weight is 319 g/mol. The minimum atomic E-state index is -0.135. The highest BCUT2D eigenvalue weighted by molar-refractivity contribution is 5.97. The highest BCUT2D eigenvalue weighted by Gasteiger charge is 2.18. The van der Waals surface area contributed by atoms with Gasteiger partial charge in [0, 0.05) is 38.0 Å². The molecule has 0 aromatic heterocycles. The van der Waals surface area contributed by atoms with E-state index in [-0.39, 0.29) is 18.4 Å². The van der Waals surface area contributed by atoms with Gasteiger partial charge in [-0.15, -0.1) is 0 Å². The molecule has 126 valence electrons. The van der Waals surface area contributed by atoms with Gasteiger partial charge in [0.2, 0.25) is 5.91 Å². The predicted octanol–water partition coefficient (Wildman–Crippen LogP) is 1.49. The molecule has 1 heterocycles. The van der Waals surface area contributed by atoms with Crippen molar-refractivity contribution in [2.24, 2.45) is 0 Å². The number of nitrogens with one attached hydrogen (secondary N) is 2. The van der Waals surface area contributed by atoms with Crippen LogP contribution < -0.4 is 10.6 Å².